The zero-order chi connectivity index (χ0) is 16.6. The van der Waals surface area contributed by atoms with Crippen molar-refractivity contribution in [3.05, 3.63) is 29.7 Å². The molecule has 1 aliphatic rings. The first-order valence-electron chi connectivity index (χ1n) is 7.37. The third-order valence-corrected chi connectivity index (χ3v) is 3.93. The van der Waals surface area contributed by atoms with Crippen LogP contribution in [0.2, 0.25) is 0 Å². The number of rotatable bonds is 3. The molecule has 0 aliphatic carbocycles. The molecular formula is C15H16F3N3O2. The highest BCUT2D eigenvalue weighted by Gasteiger charge is 2.32. The number of oxazole rings is 1. The van der Waals surface area contributed by atoms with Gasteiger partial charge < -0.3 is 9.73 Å². The van der Waals surface area contributed by atoms with Crippen molar-refractivity contribution in [1.82, 2.24) is 15.2 Å². The molecule has 124 valence electrons. The van der Waals surface area contributed by atoms with E-state index in [9.17, 15) is 18.0 Å². The number of aromatic nitrogens is 1. The van der Waals surface area contributed by atoms with Gasteiger partial charge in [0, 0.05) is 13.1 Å². The second-order valence-electron chi connectivity index (χ2n) is 5.47. The minimum atomic E-state index is -4.41. The summed E-state index contributed by atoms with van der Waals surface area (Å²) < 4.78 is 43.7. The van der Waals surface area contributed by atoms with Gasteiger partial charge in [0.2, 0.25) is 11.8 Å². The number of hydrogen-bond acceptors (Lipinski definition) is 4. The number of nitrogens with zero attached hydrogens (tertiary/aromatic N) is 2. The van der Waals surface area contributed by atoms with Gasteiger partial charge in [-0.2, -0.15) is 13.2 Å². The van der Waals surface area contributed by atoms with Crippen LogP contribution >= 0.6 is 0 Å². The second kappa shape index (κ2) is 5.84. The molecule has 0 spiro atoms. The maximum absolute atomic E-state index is 12.7. The van der Waals surface area contributed by atoms with Crippen LogP contribution < -0.4 is 5.32 Å². The molecule has 1 aromatic heterocycles. The molecular weight excluding hydrogens is 311 g/mol. The zero-order valence-corrected chi connectivity index (χ0v) is 12.5. The number of alkyl halides is 3. The molecule has 0 unspecified atom stereocenters. The number of hydrogen-bond donors (Lipinski definition) is 1. The maximum Gasteiger partial charge on any atom is 0.416 e. The normalized spacial score (nSPS) is 20.0. The molecule has 0 bridgehead atoms. The molecule has 1 aliphatic heterocycles. The van der Waals surface area contributed by atoms with Gasteiger partial charge in [0.15, 0.2) is 5.58 Å². The van der Waals surface area contributed by atoms with Gasteiger partial charge in [-0.25, -0.2) is 4.98 Å². The molecule has 2 heterocycles. The Balaban J connectivity index is 1.84. The summed E-state index contributed by atoms with van der Waals surface area (Å²) in [5.41, 5.74) is -0.277. The predicted molar refractivity (Wildman–Crippen MR) is 76.5 cm³/mol. The van der Waals surface area contributed by atoms with Crippen LogP contribution in [-0.4, -0.2) is 34.9 Å². The molecule has 2 aromatic rings. The van der Waals surface area contributed by atoms with Crippen molar-refractivity contribution in [2.24, 2.45) is 0 Å². The average Bonchev–Trinajstić information content (AvgIpc) is 2.88. The average molecular weight is 327 g/mol. The lowest BCUT2D eigenvalue weighted by atomic mass is 10.1. The number of carbonyl (C=O) groups excluding carboxylic acids is 1. The Morgan fingerprint density at radius 2 is 2.22 bits per heavy atom. The fourth-order valence-electron chi connectivity index (χ4n) is 2.79. The van der Waals surface area contributed by atoms with Gasteiger partial charge in [-0.1, -0.05) is 6.92 Å². The Morgan fingerprint density at radius 1 is 1.43 bits per heavy atom. The van der Waals surface area contributed by atoms with E-state index in [0.717, 1.165) is 12.1 Å². The van der Waals surface area contributed by atoms with E-state index >= 15 is 0 Å². The van der Waals surface area contributed by atoms with Crippen LogP contribution in [-0.2, 0) is 17.5 Å². The molecule has 1 aromatic carbocycles. The molecule has 8 heteroatoms. The summed E-state index contributed by atoms with van der Waals surface area (Å²) in [7, 11) is 0. The Morgan fingerprint density at radius 3 is 2.91 bits per heavy atom. The van der Waals surface area contributed by atoms with Crippen LogP contribution in [0.25, 0.3) is 11.1 Å². The lowest BCUT2D eigenvalue weighted by Crippen LogP contribution is -2.54. The Hall–Kier alpha value is -2.09. The van der Waals surface area contributed by atoms with E-state index in [-0.39, 0.29) is 17.5 Å². The third kappa shape index (κ3) is 3.17. The lowest BCUT2D eigenvalue weighted by Gasteiger charge is -2.33. The summed E-state index contributed by atoms with van der Waals surface area (Å²) in [5.74, 6) is 0.265. The smallest absolute Gasteiger partial charge is 0.416 e. The number of fused-ring (bicyclic) bond motifs is 1. The summed E-state index contributed by atoms with van der Waals surface area (Å²) in [6.45, 7) is 3.39. The first-order chi connectivity index (χ1) is 10.9. The third-order valence-electron chi connectivity index (χ3n) is 3.93. The first kappa shape index (κ1) is 15.8. The fraction of sp³-hybridized carbons (Fsp3) is 0.467. The summed E-state index contributed by atoms with van der Waals surface area (Å²) in [6.07, 6.45) is -3.77. The van der Waals surface area contributed by atoms with Crippen LogP contribution in [0, 0.1) is 0 Å². The molecule has 1 fully saturated rings. The minimum Gasteiger partial charge on any atom is -0.439 e. The summed E-state index contributed by atoms with van der Waals surface area (Å²) in [6, 6.07) is 2.95. The van der Waals surface area contributed by atoms with E-state index in [1.807, 2.05) is 11.8 Å². The van der Waals surface area contributed by atoms with Crippen LogP contribution in [0.3, 0.4) is 0 Å². The van der Waals surface area contributed by atoms with E-state index in [2.05, 4.69) is 10.3 Å². The van der Waals surface area contributed by atoms with E-state index in [1.165, 1.54) is 6.07 Å². The topological polar surface area (TPSA) is 58.4 Å². The lowest BCUT2D eigenvalue weighted by molar-refractivity contribution is -0.137. The molecule has 23 heavy (non-hydrogen) atoms. The zero-order valence-electron chi connectivity index (χ0n) is 12.5. The van der Waals surface area contributed by atoms with Crippen LogP contribution in [0.1, 0.15) is 24.8 Å². The molecule has 5 nitrogen and oxygen atoms in total. The number of piperazine rings is 1. The van der Waals surface area contributed by atoms with Crippen LogP contribution in [0.4, 0.5) is 13.2 Å². The van der Waals surface area contributed by atoms with Crippen molar-refractivity contribution in [2.45, 2.75) is 32.1 Å². The SMILES string of the molecule is CC[C@H]1C(=O)NCCN1Cc1nc2cc(C(F)(F)F)ccc2o1. The van der Waals surface area contributed by atoms with Gasteiger partial charge in [0.05, 0.1) is 18.2 Å². The number of nitrogens with one attached hydrogen (secondary N) is 1. The van der Waals surface area contributed by atoms with Crippen molar-refractivity contribution in [2.75, 3.05) is 13.1 Å². The van der Waals surface area contributed by atoms with Crippen molar-refractivity contribution >= 4 is 17.0 Å². The molecule has 0 radical (unpaired) electrons. The summed E-state index contributed by atoms with van der Waals surface area (Å²) >= 11 is 0. The van der Waals surface area contributed by atoms with Crippen LogP contribution in [0.5, 0.6) is 0 Å². The molecule has 0 saturated carbocycles. The highest BCUT2D eigenvalue weighted by molar-refractivity contribution is 5.82. The molecule has 1 N–H and O–H groups in total. The standard InChI is InChI=1S/C15H16F3N3O2/c1-2-11-14(22)19-5-6-21(11)8-13-20-10-7-9(15(16,17)18)3-4-12(10)23-13/h3-4,7,11H,2,5-6,8H2,1H3,(H,19,22)/t11-/m0/s1. The van der Waals surface area contributed by atoms with Crippen LogP contribution in [0.15, 0.2) is 22.6 Å². The second-order valence-corrected chi connectivity index (χ2v) is 5.47. The van der Waals surface area contributed by atoms with Gasteiger partial charge >= 0.3 is 6.18 Å². The maximum atomic E-state index is 12.7. The van der Waals surface area contributed by atoms with Crippen molar-refractivity contribution in [1.29, 1.82) is 0 Å². The van der Waals surface area contributed by atoms with E-state index in [0.29, 0.717) is 37.5 Å². The number of benzene rings is 1. The minimum absolute atomic E-state index is 0.0470. The summed E-state index contributed by atoms with van der Waals surface area (Å²) in [4.78, 5) is 17.9. The number of halogens is 3. The predicted octanol–water partition coefficient (Wildman–Crippen LogP) is 2.56. The van der Waals surface area contributed by atoms with E-state index < -0.39 is 11.7 Å². The molecule has 1 amide bonds. The van der Waals surface area contributed by atoms with Gasteiger partial charge in [-0.3, -0.25) is 9.69 Å². The largest absolute Gasteiger partial charge is 0.439 e. The van der Waals surface area contributed by atoms with Gasteiger partial charge in [-0.15, -0.1) is 0 Å². The quantitative estimate of drug-likeness (QED) is 0.941. The molecule has 3 rings (SSSR count). The molecule has 1 saturated heterocycles. The monoisotopic (exact) mass is 327 g/mol. The Bertz CT molecular complexity index is 726. The van der Waals surface area contributed by atoms with E-state index in [1.54, 1.807) is 0 Å². The van der Waals surface area contributed by atoms with Gasteiger partial charge in [-0.05, 0) is 24.6 Å². The number of carbonyl (C=O) groups is 1. The first-order valence-corrected chi connectivity index (χ1v) is 7.37. The number of amides is 1. The highest BCUT2D eigenvalue weighted by Crippen LogP contribution is 2.31. The Labute approximate surface area is 130 Å². The molecule has 1 atom stereocenters. The van der Waals surface area contributed by atoms with Gasteiger partial charge in [0.1, 0.15) is 5.52 Å². The summed E-state index contributed by atoms with van der Waals surface area (Å²) in [5, 5.41) is 2.79. The highest BCUT2D eigenvalue weighted by atomic mass is 19.4. The van der Waals surface area contributed by atoms with Crippen molar-refractivity contribution in [3.8, 4) is 0 Å². The van der Waals surface area contributed by atoms with Crippen molar-refractivity contribution < 1.29 is 22.4 Å². The Kier molecular flexibility index (Phi) is 4.01. The fourth-order valence-corrected chi connectivity index (χ4v) is 2.79. The van der Waals surface area contributed by atoms with E-state index in [4.69, 9.17) is 4.42 Å². The van der Waals surface area contributed by atoms with Crippen molar-refractivity contribution in [3.63, 3.8) is 0 Å². The van der Waals surface area contributed by atoms with Gasteiger partial charge in [0.25, 0.3) is 0 Å².